The number of carbonyl (C=O) groups is 2. The minimum absolute atomic E-state index is 0.0270. The summed E-state index contributed by atoms with van der Waals surface area (Å²) in [6.07, 6.45) is 0. The van der Waals surface area contributed by atoms with Crippen molar-refractivity contribution in [3.05, 3.63) is 52.7 Å². The van der Waals surface area contributed by atoms with Crippen molar-refractivity contribution >= 4 is 40.1 Å². The number of benzene rings is 2. The van der Waals surface area contributed by atoms with Gasteiger partial charge in [0.15, 0.2) is 23.8 Å². The van der Waals surface area contributed by atoms with Crippen LogP contribution in [0.2, 0.25) is 5.02 Å². The van der Waals surface area contributed by atoms with E-state index in [1.807, 2.05) is 13.0 Å². The molecular formula is C22H21ClN2O6. The first-order valence-electron chi connectivity index (χ1n) is 9.20. The monoisotopic (exact) mass is 444 g/mol. The first kappa shape index (κ1) is 22.2. The van der Waals surface area contributed by atoms with Gasteiger partial charge in [-0.25, -0.2) is 9.78 Å². The molecule has 0 unspecified atom stereocenters. The molecule has 8 nitrogen and oxygen atoms in total. The molecule has 1 N–H and O–H groups in total. The van der Waals surface area contributed by atoms with E-state index >= 15 is 0 Å². The highest BCUT2D eigenvalue weighted by atomic mass is 35.5. The van der Waals surface area contributed by atoms with Crippen molar-refractivity contribution in [1.82, 2.24) is 4.98 Å². The molecule has 0 spiro atoms. The number of hydrogen-bond donors (Lipinski definition) is 1. The van der Waals surface area contributed by atoms with Crippen LogP contribution < -0.4 is 19.5 Å². The molecule has 9 heteroatoms. The maximum absolute atomic E-state index is 12.4. The van der Waals surface area contributed by atoms with E-state index in [9.17, 15) is 9.59 Å². The summed E-state index contributed by atoms with van der Waals surface area (Å²) in [7, 11) is 4.24. The number of halogens is 1. The molecule has 0 radical (unpaired) electrons. The lowest BCUT2D eigenvalue weighted by molar-refractivity contribution is -0.118. The molecule has 0 aliphatic heterocycles. The average molecular weight is 445 g/mol. The van der Waals surface area contributed by atoms with Gasteiger partial charge in [0.1, 0.15) is 5.75 Å². The molecule has 31 heavy (non-hydrogen) atoms. The van der Waals surface area contributed by atoms with Gasteiger partial charge in [0.05, 0.1) is 37.6 Å². The number of anilines is 1. The number of aromatic nitrogens is 1. The molecule has 0 fully saturated rings. The summed E-state index contributed by atoms with van der Waals surface area (Å²) in [4.78, 5) is 28.7. The van der Waals surface area contributed by atoms with E-state index in [2.05, 4.69) is 10.3 Å². The van der Waals surface area contributed by atoms with Crippen LogP contribution in [0.5, 0.6) is 17.2 Å². The number of amides is 1. The molecular weight excluding hydrogens is 424 g/mol. The molecule has 1 amide bonds. The van der Waals surface area contributed by atoms with Crippen LogP contribution in [0.15, 0.2) is 36.4 Å². The summed E-state index contributed by atoms with van der Waals surface area (Å²) in [5, 5.41) is 3.65. The van der Waals surface area contributed by atoms with Gasteiger partial charge in [-0.2, -0.15) is 0 Å². The van der Waals surface area contributed by atoms with E-state index in [1.165, 1.54) is 27.4 Å². The molecule has 1 aromatic heterocycles. The summed E-state index contributed by atoms with van der Waals surface area (Å²) in [5.74, 6) is 0.0790. The zero-order valence-corrected chi connectivity index (χ0v) is 18.2. The van der Waals surface area contributed by atoms with Crippen molar-refractivity contribution in [2.45, 2.75) is 6.92 Å². The third kappa shape index (κ3) is 4.97. The Kier molecular flexibility index (Phi) is 6.81. The number of hydrogen-bond acceptors (Lipinski definition) is 7. The molecule has 0 saturated carbocycles. The van der Waals surface area contributed by atoms with Gasteiger partial charge in [-0.3, -0.25) is 4.79 Å². The number of methoxy groups -OCH3 is 3. The highest BCUT2D eigenvalue weighted by Gasteiger charge is 2.17. The number of carbonyl (C=O) groups excluding carboxylic acids is 2. The van der Waals surface area contributed by atoms with Gasteiger partial charge < -0.3 is 24.3 Å². The predicted octanol–water partition coefficient (Wildman–Crippen LogP) is 4.02. The van der Waals surface area contributed by atoms with Crippen LogP contribution in [-0.2, 0) is 9.53 Å². The summed E-state index contributed by atoms with van der Waals surface area (Å²) in [5.41, 5.74) is 1.89. The van der Waals surface area contributed by atoms with Crippen molar-refractivity contribution in [2.24, 2.45) is 0 Å². The minimum Gasteiger partial charge on any atom is -0.493 e. The Bertz CT molecular complexity index is 1150. The lowest BCUT2D eigenvalue weighted by Gasteiger charge is -2.14. The van der Waals surface area contributed by atoms with E-state index in [-0.39, 0.29) is 18.1 Å². The predicted molar refractivity (Wildman–Crippen MR) is 117 cm³/mol. The van der Waals surface area contributed by atoms with Gasteiger partial charge in [-0.05, 0) is 30.7 Å². The number of nitrogens with one attached hydrogen (secondary N) is 1. The number of ether oxygens (including phenoxy) is 4. The number of esters is 1. The van der Waals surface area contributed by atoms with Crippen LogP contribution in [0.3, 0.4) is 0 Å². The van der Waals surface area contributed by atoms with Gasteiger partial charge in [0.25, 0.3) is 5.91 Å². The topological polar surface area (TPSA) is 96.0 Å². The minimum atomic E-state index is -0.641. The fourth-order valence-electron chi connectivity index (χ4n) is 2.90. The third-order valence-electron chi connectivity index (χ3n) is 4.43. The number of pyridine rings is 1. The zero-order chi connectivity index (χ0) is 22.5. The maximum atomic E-state index is 12.4. The van der Waals surface area contributed by atoms with Gasteiger partial charge in [-0.1, -0.05) is 17.7 Å². The van der Waals surface area contributed by atoms with Gasteiger partial charge >= 0.3 is 5.97 Å². The van der Waals surface area contributed by atoms with E-state index in [4.69, 9.17) is 30.5 Å². The molecule has 1 heterocycles. The van der Waals surface area contributed by atoms with E-state index in [0.29, 0.717) is 33.1 Å². The molecule has 3 rings (SSSR count). The molecule has 0 aliphatic carbocycles. The van der Waals surface area contributed by atoms with E-state index in [0.717, 1.165) is 5.56 Å². The van der Waals surface area contributed by atoms with Crippen LogP contribution in [0.4, 0.5) is 5.69 Å². The number of aryl methyl sites for hydroxylation is 1. The summed E-state index contributed by atoms with van der Waals surface area (Å²) < 4.78 is 21.1. The number of fused-ring (bicyclic) bond motifs is 1. The number of rotatable bonds is 7. The molecule has 0 saturated heterocycles. The first-order chi connectivity index (χ1) is 14.9. The summed E-state index contributed by atoms with van der Waals surface area (Å²) in [6, 6.07) is 9.97. The van der Waals surface area contributed by atoms with Crippen molar-refractivity contribution in [3.63, 3.8) is 0 Å². The Balaban J connectivity index is 1.91. The second-order valence-electron chi connectivity index (χ2n) is 6.54. The zero-order valence-electron chi connectivity index (χ0n) is 17.4. The Morgan fingerprint density at radius 3 is 2.35 bits per heavy atom. The molecule has 162 valence electrons. The second-order valence-corrected chi connectivity index (χ2v) is 6.95. The van der Waals surface area contributed by atoms with Crippen LogP contribution in [0.25, 0.3) is 10.9 Å². The molecule has 0 bridgehead atoms. The second kappa shape index (κ2) is 9.53. The average Bonchev–Trinajstić information content (AvgIpc) is 2.77. The van der Waals surface area contributed by atoms with Crippen LogP contribution in [0.1, 0.15) is 16.1 Å². The Morgan fingerprint density at radius 1 is 1.00 bits per heavy atom. The largest absolute Gasteiger partial charge is 0.493 e. The molecule has 0 aliphatic rings. The Hall–Kier alpha value is -3.52. The van der Waals surface area contributed by atoms with Crippen LogP contribution >= 0.6 is 11.6 Å². The van der Waals surface area contributed by atoms with Gasteiger partial charge in [-0.15, -0.1) is 0 Å². The molecule has 0 atom stereocenters. The third-order valence-corrected chi connectivity index (χ3v) is 4.74. The van der Waals surface area contributed by atoms with Crippen molar-refractivity contribution in [3.8, 4) is 17.2 Å². The Labute approximate surface area is 184 Å². The van der Waals surface area contributed by atoms with E-state index in [1.54, 1.807) is 24.3 Å². The van der Waals surface area contributed by atoms with Crippen molar-refractivity contribution in [2.75, 3.05) is 33.3 Å². The highest BCUT2D eigenvalue weighted by Crippen LogP contribution is 2.36. The summed E-state index contributed by atoms with van der Waals surface area (Å²) in [6.45, 7) is 1.58. The SMILES string of the molecule is COC(=O)c1cc(OCC(=O)Nc2ccc(C)cc2Cl)c2cc(OC)c(OC)cc2n1. The highest BCUT2D eigenvalue weighted by molar-refractivity contribution is 6.33. The van der Waals surface area contributed by atoms with Crippen molar-refractivity contribution in [1.29, 1.82) is 0 Å². The van der Waals surface area contributed by atoms with Gasteiger partial charge in [0.2, 0.25) is 0 Å². The number of nitrogens with zero attached hydrogens (tertiary/aromatic N) is 1. The maximum Gasteiger partial charge on any atom is 0.356 e. The summed E-state index contributed by atoms with van der Waals surface area (Å²) >= 11 is 6.16. The fourth-order valence-corrected chi connectivity index (χ4v) is 3.18. The fraction of sp³-hybridized carbons (Fsp3) is 0.227. The van der Waals surface area contributed by atoms with Crippen LogP contribution in [0, 0.1) is 6.92 Å². The Morgan fingerprint density at radius 2 is 1.71 bits per heavy atom. The quantitative estimate of drug-likeness (QED) is 0.550. The van der Waals surface area contributed by atoms with Gasteiger partial charge in [0, 0.05) is 17.5 Å². The van der Waals surface area contributed by atoms with Crippen molar-refractivity contribution < 1.29 is 28.5 Å². The van der Waals surface area contributed by atoms with Crippen LogP contribution in [-0.4, -0.2) is 44.8 Å². The van der Waals surface area contributed by atoms with E-state index < -0.39 is 11.9 Å². The first-order valence-corrected chi connectivity index (χ1v) is 9.58. The smallest absolute Gasteiger partial charge is 0.356 e. The standard InChI is InChI=1S/C22H21ClN2O6/c1-12-5-6-15(14(23)7-12)25-21(26)11-31-18-10-17(22(27)30-4)24-16-9-20(29-3)19(28-2)8-13(16)18/h5-10H,11H2,1-4H3,(H,25,26). The lowest BCUT2D eigenvalue weighted by atomic mass is 10.1. The molecule has 2 aromatic carbocycles. The lowest BCUT2D eigenvalue weighted by Crippen LogP contribution is -2.20. The normalized spacial score (nSPS) is 10.5. The molecule has 3 aromatic rings.